The SMILES string of the molecule is CC[C@@H](C)NC(=O)NC(=O)CN(C)Cc1ccc(OC(F)F)c(OC)c1. The highest BCUT2D eigenvalue weighted by molar-refractivity contribution is 5.95. The molecule has 7 nitrogen and oxygen atoms in total. The second-order valence-electron chi connectivity index (χ2n) is 5.87. The molecule has 146 valence electrons. The molecular weight excluding hydrogens is 348 g/mol. The Kier molecular flexibility index (Phi) is 8.77. The van der Waals surface area contributed by atoms with E-state index < -0.39 is 18.5 Å². The van der Waals surface area contributed by atoms with Gasteiger partial charge in [0.05, 0.1) is 13.7 Å². The van der Waals surface area contributed by atoms with Crippen LogP contribution in [-0.2, 0) is 11.3 Å². The standard InChI is InChI=1S/C17H25F2N3O4/c1-5-11(2)20-17(24)21-15(23)10-22(3)9-12-6-7-13(26-16(18)19)14(8-12)25-4/h6-8,11,16H,5,9-10H2,1-4H3,(H2,20,21,23,24)/t11-/m1/s1. The lowest BCUT2D eigenvalue weighted by Crippen LogP contribution is -2.46. The van der Waals surface area contributed by atoms with Gasteiger partial charge in [0.25, 0.3) is 0 Å². The van der Waals surface area contributed by atoms with Crippen molar-refractivity contribution in [2.45, 2.75) is 39.5 Å². The Labute approximate surface area is 151 Å². The summed E-state index contributed by atoms with van der Waals surface area (Å²) < 4.78 is 34.1. The lowest BCUT2D eigenvalue weighted by atomic mass is 10.2. The summed E-state index contributed by atoms with van der Waals surface area (Å²) in [5.41, 5.74) is 0.739. The zero-order chi connectivity index (χ0) is 19.7. The number of rotatable bonds is 9. The van der Waals surface area contributed by atoms with Crippen molar-refractivity contribution in [3.05, 3.63) is 23.8 Å². The van der Waals surface area contributed by atoms with E-state index >= 15 is 0 Å². The van der Waals surface area contributed by atoms with Crippen molar-refractivity contribution in [2.24, 2.45) is 0 Å². The number of carbonyl (C=O) groups is 2. The minimum Gasteiger partial charge on any atom is -0.493 e. The number of imide groups is 1. The van der Waals surface area contributed by atoms with Crippen molar-refractivity contribution in [3.8, 4) is 11.5 Å². The predicted octanol–water partition coefficient (Wildman–Crippen LogP) is 2.35. The van der Waals surface area contributed by atoms with Gasteiger partial charge < -0.3 is 14.8 Å². The van der Waals surface area contributed by atoms with Gasteiger partial charge in [-0.2, -0.15) is 8.78 Å². The first-order valence-electron chi connectivity index (χ1n) is 8.15. The first kappa shape index (κ1) is 21.6. The first-order chi connectivity index (χ1) is 12.2. The molecule has 0 fully saturated rings. The molecule has 1 rings (SSSR count). The van der Waals surface area contributed by atoms with Gasteiger partial charge in [0, 0.05) is 12.6 Å². The quantitative estimate of drug-likeness (QED) is 0.695. The van der Waals surface area contributed by atoms with E-state index in [1.165, 1.54) is 13.2 Å². The summed E-state index contributed by atoms with van der Waals surface area (Å²) in [5.74, 6) is -0.333. The van der Waals surface area contributed by atoms with E-state index in [0.717, 1.165) is 12.0 Å². The number of nitrogens with zero attached hydrogens (tertiary/aromatic N) is 1. The van der Waals surface area contributed by atoms with Crippen molar-refractivity contribution < 1.29 is 27.8 Å². The van der Waals surface area contributed by atoms with Crippen LogP contribution in [0.15, 0.2) is 18.2 Å². The van der Waals surface area contributed by atoms with Crippen molar-refractivity contribution in [1.82, 2.24) is 15.5 Å². The molecule has 1 atom stereocenters. The molecule has 0 aliphatic heterocycles. The summed E-state index contributed by atoms with van der Waals surface area (Å²) in [7, 11) is 3.05. The normalized spacial score (nSPS) is 12.0. The molecule has 0 bridgehead atoms. The molecule has 3 amide bonds. The fourth-order valence-corrected chi connectivity index (χ4v) is 2.14. The average molecular weight is 373 g/mol. The number of ether oxygens (including phenoxy) is 2. The number of carbonyl (C=O) groups excluding carboxylic acids is 2. The number of likely N-dealkylation sites (N-methyl/N-ethyl adjacent to an activating group) is 1. The van der Waals surface area contributed by atoms with Crippen LogP contribution < -0.4 is 20.1 Å². The van der Waals surface area contributed by atoms with Gasteiger partial charge >= 0.3 is 12.6 Å². The minimum absolute atomic E-state index is 0.00841. The van der Waals surface area contributed by atoms with Crippen molar-refractivity contribution in [3.63, 3.8) is 0 Å². The summed E-state index contributed by atoms with van der Waals surface area (Å²) in [6, 6.07) is 3.98. The Hall–Kier alpha value is -2.42. The number of urea groups is 1. The van der Waals surface area contributed by atoms with Gasteiger partial charge in [-0.1, -0.05) is 13.0 Å². The molecule has 0 aliphatic carbocycles. The van der Waals surface area contributed by atoms with Crippen molar-refractivity contribution >= 4 is 11.9 Å². The van der Waals surface area contributed by atoms with Crippen LogP contribution in [0.5, 0.6) is 11.5 Å². The minimum atomic E-state index is -2.94. The largest absolute Gasteiger partial charge is 0.493 e. The number of hydrogen-bond donors (Lipinski definition) is 2. The van der Waals surface area contributed by atoms with Crippen LogP contribution in [-0.4, -0.2) is 50.2 Å². The molecule has 0 saturated carbocycles. The number of methoxy groups -OCH3 is 1. The zero-order valence-electron chi connectivity index (χ0n) is 15.3. The van der Waals surface area contributed by atoms with Gasteiger partial charge in [0.1, 0.15) is 0 Å². The lowest BCUT2D eigenvalue weighted by molar-refractivity contribution is -0.121. The molecule has 0 aliphatic rings. The Morgan fingerprint density at radius 1 is 1.27 bits per heavy atom. The van der Waals surface area contributed by atoms with Crippen LogP contribution >= 0.6 is 0 Å². The summed E-state index contributed by atoms with van der Waals surface area (Å²) in [6.07, 6.45) is 0.759. The highest BCUT2D eigenvalue weighted by Crippen LogP contribution is 2.29. The van der Waals surface area contributed by atoms with E-state index in [0.29, 0.717) is 6.54 Å². The van der Waals surface area contributed by atoms with Gasteiger partial charge in [-0.15, -0.1) is 0 Å². The van der Waals surface area contributed by atoms with E-state index in [1.54, 1.807) is 24.1 Å². The number of benzene rings is 1. The number of hydrogen-bond acceptors (Lipinski definition) is 5. The topological polar surface area (TPSA) is 79.9 Å². The zero-order valence-corrected chi connectivity index (χ0v) is 15.3. The van der Waals surface area contributed by atoms with Gasteiger partial charge in [-0.25, -0.2) is 4.79 Å². The smallest absolute Gasteiger partial charge is 0.387 e. The molecular formula is C17H25F2N3O4. The van der Waals surface area contributed by atoms with Gasteiger partial charge in [0.2, 0.25) is 5.91 Å². The van der Waals surface area contributed by atoms with Crippen molar-refractivity contribution in [2.75, 3.05) is 20.7 Å². The maximum Gasteiger partial charge on any atom is 0.387 e. The van der Waals surface area contributed by atoms with E-state index in [4.69, 9.17) is 4.74 Å². The maximum atomic E-state index is 12.3. The Morgan fingerprint density at radius 3 is 2.54 bits per heavy atom. The molecule has 26 heavy (non-hydrogen) atoms. The lowest BCUT2D eigenvalue weighted by Gasteiger charge is -2.18. The number of nitrogens with one attached hydrogen (secondary N) is 2. The number of alkyl halides is 2. The maximum absolute atomic E-state index is 12.3. The molecule has 0 unspecified atom stereocenters. The third kappa shape index (κ3) is 7.64. The van der Waals surface area contributed by atoms with E-state index in [1.807, 2.05) is 13.8 Å². The molecule has 1 aromatic rings. The molecule has 0 heterocycles. The fraction of sp³-hybridized carbons (Fsp3) is 0.529. The monoisotopic (exact) mass is 373 g/mol. The van der Waals surface area contributed by atoms with Gasteiger partial charge in [-0.05, 0) is 38.1 Å². The second kappa shape index (κ2) is 10.5. The molecule has 0 saturated heterocycles. The second-order valence-corrected chi connectivity index (χ2v) is 5.87. The highest BCUT2D eigenvalue weighted by atomic mass is 19.3. The van der Waals surface area contributed by atoms with Crippen LogP contribution in [0.2, 0.25) is 0 Å². The van der Waals surface area contributed by atoms with Crippen molar-refractivity contribution in [1.29, 1.82) is 0 Å². The van der Waals surface area contributed by atoms with Gasteiger partial charge in [0.15, 0.2) is 11.5 Å². The summed E-state index contributed by atoms with van der Waals surface area (Å²) in [6.45, 7) is 1.16. The van der Waals surface area contributed by atoms with Crippen LogP contribution in [0.25, 0.3) is 0 Å². The first-order valence-corrected chi connectivity index (χ1v) is 8.15. The molecule has 0 aromatic heterocycles. The summed E-state index contributed by atoms with van der Waals surface area (Å²) in [4.78, 5) is 25.2. The predicted molar refractivity (Wildman–Crippen MR) is 92.4 cm³/mol. The molecule has 0 spiro atoms. The molecule has 1 aromatic carbocycles. The molecule has 9 heteroatoms. The molecule has 2 N–H and O–H groups in total. The average Bonchev–Trinajstić information content (AvgIpc) is 2.54. The van der Waals surface area contributed by atoms with E-state index in [9.17, 15) is 18.4 Å². The summed E-state index contributed by atoms with van der Waals surface area (Å²) >= 11 is 0. The van der Waals surface area contributed by atoms with Gasteiger partial charge in [-0.3, -0.25) is 15.0 Å². The fourth-order valence-electron chi connectivity index (χ4n) is 2.14. The Morgan fingerprint density at radius 2 is 1.96 bits per heavy atom. The molecule has 0 radical (unpaired) electrons. The van der Waals surface area contributed by atoms with Crippen LogP contribution in [0.4, 0.5) is 13.6 Å². The van der Waals surface area contributed by atoms with E-state index in [2.05, 4.69) is 15.4 Å². The number of halogens is 2. The number of amides is 3. The highest BCUT2D eigenvalue weighted by Gasteiger charge is 2.14. The van der Waals surface area contributed by atoms with Crippen LogP contribution in [0.3, 0.4) is 0 Å². The Bertz CT molecular complexity index is 614. The van der Waals surface area contributed by atoms with E-state index in [-0.39, 0.29) is 24.1 Å². The van der Waals surface area contributed by atoms with Crippen LogP contribution in [0.1, 0.15) is 25.8 Å². The third-order valence-corrected chi connectivity index (χ3v) is 3.55. The Balaban J connectivity index is 2.57. The van der Waals surface area contributed by atoms with Crippen LogP contribution in [0, 0.1) is 0 Å². The summed E-state index contributed by atoms with van der Waals surface area (Å²) in [5, 5.41) is 4.90. The third-order valence-electron chi connectivity index (χ3n) is 3.55.